The first-order valence-electron chi connectivity index (χ1n) is 12.3. The van der Waals surface area contributed by atoms with E-state index in [0.717, 1.165) is 16.8 Å². The predicted molar refractivity (Wildman–Crippen MR) is 149 cm³/mol. The minimum Gasteiger partial charge on any atom is -0.368 e. The molecule has 3 heterocycles. The number of nitrogens with zero attached hydrogens (tertiary/aromatic N) is 5. The Balaban J connectivity index is 1.62. The minimum atomic E-state index is -4.14. The van der Waals surface area contributed by atoms with Gasteiger partial charge in [-0.3, -0.25) is 9.20 Å². The third-order valence-electron chi connectivity index (χ3n) is 6.77. The molecule has 0 aliphatic carbocycles. The highest BCUT2D eigenvalue weighted by Gasteiger charge is 2.26. The Hall–Kier alpha value is -4.42. The van der Waals surface area contributed by atoms with E-state index in [9.17, 15) is 18.5 Å². The van der Waals surface area contributed by atoms with E-state index in [1.54, 1.807) is 24.4 Å². The van der Waals surface area contributed by atoms with Gasteiger partial charge >= 0.3 is 0 Å². The number of fused-ring (bicyclic) bond motifs is 1. The Morgan fingerprint density at radius 3 is 2.24 bits per heavy atom. The number of benzene rings is 2. The molecule has 5 rings (SSSR count). The number of hydrogen-bond acceptors (Lipinski definition) is 7. The molecule has 2 aromatic heterocycles. The fraction of sp³-hybridized carbons (Fsp3) is 0.207. The number of allylic oxidation sites excluding steroid dienone is 1. The largest absolute Gasteiger partial charge is 0.368 e. The summed E-state index contributed by atoms with van der Waals surface area (Å²) in [4.78, 5) is 22.3. The maximum absolute atomic E-state index is 13.7. The molecule has 2 aromatic carbocycles. The minimum absolute atomic E-state index is 0.00128. The molecular formula is C29H27N5O3S. The van der Waals surface area contributed by atoms with Crippen LogP contribution in [0.4, 0.5) is 11.5 Å². The van der Waals surface area contributed by atoms with Crippen molar-refractivity contribution in [1.82, 2.24) is 9.38 Å². The number of piperazine rings is 1. The summed E-state index contributed by atoms with van der Waals surface area (Å²) < 4.78 is 28.1. The first-order valence-corrected chi connectivity index (χ1v) is 13.8. The summed E-state index contributed by atoms with van der Waals surface area (Å²) in [7, 11) is -4.14. The van der Waals surface area contributed by atoms with Gasteiger partial charge in [-0.25, -0.2) is 13.4 Å². The van der Waals surface area contributed by atoms with E-state index in [2.05, 4.69) is 17.0 Å². The number of aromatic nitrogens is 2. The highest BCUT2D eigenvalue weighted by molar-refractivity contribution is 7.95. The van der Waals surface area contributed by atoms with E-state index >= 15 is 0 Å². The molecule has 0 bridgehead atoms. The number of sulfone groups is 1. The maximum Gasteiger partial charge on any atom is 0.267 e. The van der Waals surface area contributed by atoms with Crippen LogP contribution in [0.5, 0.6) is 0 Å². The topological polar surface area (TPSA) is 98.8 Å². The number of pyridine rings is 1. The van der Waals surface area contributed by atoms with Gasteiger partial charge in [-0.05, 0) is 55.8 Å². The van der Waals surface area contributed by atoms with Crippen LogP contribution in [0.2, 0.25) is 0 Å². The molecule has 1 saturated heterocycles. The van der Waals surface area contributed by atoms with Crippen molar-refractivity contribution in [3.8, 4) is 6.07 Å². The zero-order valence-electron chi connectivity index (χ0n) is 21.2. The normalized spacial score (nSPS) is 14.5. The molecule has 1 aliphatic rings. The van der Waals surface area contributed by atoms with Gasteiger partial charge in [-0.2, -0.15) is 5.26 Å². The van der Waals surface area contributed by atoms with Gasteiger partial charge in [0.15, 0.2) is 0 Å². The second-order valence-electron chi connectivity index (χ2n) is 9.29. The van der Waals surface area contributed by atoms with Crippen LogP contribution >= 0.6 is 0 Å². The molecule has 0 amide bonds. The van der Waals surface area contributed by atoms with Crippen LogP contribution in [-0.4, -0.2) is 44.0 Å². The Morgan fingerprint density at radius 1 is 0.921 bits per heavy atom. The highest BCUT2D eigenvalue weighted by Crippen LogP contribution is 2.26. The molecule has 0 atom stereocenters. The van der Waals surface area contributed by atoms with Gasteiger partial charge in [0.05, 0.1) is 10.5 Å². The molecule has 9 heteroatoms. The standard InChI is InChI=1S/C29H27N5O3S/c1-21-10-12-24(13-11-21)38(36,37)25(20-30)19-26-28(31-27-22(2)7-6-14-34(27)29(26)35)33-17-15-32(16-18-33)23-8-4-3-5-9-23/h3-14,19H,15-18H2,1-2H3/b25-19+. The summed E-state index contributed by atoms with van der Waals surface area (Å²) >= 11 is 0. The molecule has 38 heavy (non-hydrogen) atoms. The Morgan fingerprint density at radius 2 is 1.58 bits per heavy atom. The molecule has 0 saturated carbocycles. The van der Waals surface area contributed by atoms with E-state index < -0.39 is 20.3 Å². The molecule has 0 radical (unpaired) electrons. The van der Waals surface area contributed by atoms with Gasteiger partial charge in [-0.1, -0.05) is 42.0 Å². The number of nitriles is 1. The summed E-state index contributed by atoms with van der Waals surface area (Å²) in [6.07, 6.45) is 2.78. The molecule has 1 fully saturated rings. The van der Waals surface area contributed by atoms with E-state index in [1.807, 2.05) is 49.1 Å². The lowest BCUT2D eigenvalue weighted by atomic mass is 10.2. The average Bonchev–Trinajstić information content (AvgIpc) is 2.93. The molecule has 0 unspecified atom stereocenters. The smallest absolute Gasteiger partial charge is 0.267 e. The van der Waals surface area contributed by atoms with E-state index in [4.69, 9.17) is 4.98 Å². The van der Waals surface area contributed by atoms with Crippen LogP contribution in [0.1, 0.15) is 16.7 Å². The van der Waals surface area contributed by atoms with Crippen molar-refractivity contribution >= 4 is 33.1 Å². The van der Waals surface area contributed by atoms with Gasteiger partial charge < -0.3 is 9.80 Å². The lowest BCUT2D eigenvalue weighted by molar-refractivity contribution is 0.603. The van der Waals surface area contributed by atoms with Crippen molar-refractivity contribution in [2.45, 2.75) is 18.7 Å². The van der Waals surface area contributed by atoms with Crippen molar-refractivity contribution in [3.63, 3.8) is 0 Å². The second kappa shape index (κ2) is 10.1. The van der Waals surface area contributed by atoms with Crippen molar-refractivity contribution in [2.24, 2.45) is 0 Å². The van der Waals surface area contributed by atoms with Crippen molar-refractivity contribution < 1.29 is 8.42 Å². The summed E-state index contributed by atoms with van der Waals surface area (Å²) in [6.45, 7) is 6.29. The fourth-order valence-corrected chi connectivity index (χ4v) is 5.77. The summed E-state index contributed by atoms with van der Waals surface area (Å²) in [5.74, 6) is 0.379. The maximum atomic E-state index is 13.7. The second-order valence-corrected chi connectivity index (χ2v) is 11.2. The van der Waals surface area contributed by atoms with Crippen molar-refractivity contribution in [3.05, 3.63) is 105 Å². The van der Waals surface area contributed by atoms with E-state index in [1.165, 1.54) is 22.6 Å². The quantitative estimate of drug-likeness (QED) is 0.364. The molecule has 0 spiro atoms. The molecular weight excluding hydrogens is 498 g/mol. The molecule has 192 valence electrons. The third kappa shape index (κ3) is 4.66. The van der Waals surface area contributed by atoms with Crippen LogP contribution in [0.3, 0.4) is 0 Å². The van der Waals surface area contributed by atoms with Gasteiger partial charge in [-0.15, -0.1) is 0 Å². The number of aryl methyl sites for hydroxylation is 2. The van der Waals surface area contributed by atoms with Crippen LogP contribution in [0.15, 0.2) is 87.5 Å². The molecule has 1 aliphatic heterocycles. The molecule has 8 nitrogen and oxygen atoms in total. The fourth-order valence-electron chi connectivity index (χ4n) is 4.63. The zero-order chi connectivity index (χ0) is 26.9. The molecule has 0 N–H and O–H groups in total. The van der Waals surface area contributed by atoms with Gasteiger partial charge in [0.25, 0.3) is 5.56 Å². The van der Waals surface area contributed by atoms with Crippen LogP contribution in [0.25, 0.3) is 11.7 Å². The van der Waals surface area contributed by atoms with Crippen LogP contribution < -0.4 is 15.4 Å². The van der Waals surface area contributed by atoms with Gasteiger partial charge in [0.1, 0.15) is 22.4 Å². The van der Waals surface area contributed by atoms with Crippen LogP contribution in [-0.2, 0) is 9.84 Å². The van der Waals surface area contributed by atoms with E-state index in [-0.39, 0.29) is 10.5 Å². The summed E-state index contributed by atoms with van der Waals surface area (Å²) in [6, 6.07) is 21.8. The first-order chi connectivity index (χ1) is 18.3. The van der Waals surface area contributed by atoms with Crippen LogP contribution in [0, 0.1) is 25.2 Å². The average molecular weight is 526 g/mol. The van der Waals surface area contributed by atoms with Gasteiger partial charge in [0.2, 0.25) is 9.84 Å². The highest BCUT2D eigenvalue weighted by atomic mass is 32.2. The van der Waals surface area contributed by atoms with Crippen molar-refractivity contribution in [1.29, 1.82) is 5.26 Å². The summed E-state index contributed by atoms with van der Waals surface area (Å²) in [5.41, 5.74) is 2.98. The third-order valence-corrected chi connectivity index (χ3v) is 8.45. The van der Waals surface area contributed by atoms with Crippen molar-refractivity contribution in [2.75, 3.05) is 36.0 Å². The number of para-hydroxylation sites is 1. The summed E-state index contributed by atoms with van der Waals surface area (Å²) in [5, 5.41) is 9.90. The first kappa shape index (κ1) is 25.2. The monoisotopic (exact) mass is 525 g/mol. The Labute approximate surface area is 221 Å². The van der Waals surface area contributed by atoms with E-state index in [0.29, 0.717) is 37.6 Å². The molecule has 4 aromatic rings. The Kier molecular flexibility index (Phi) is 6.74. The predicted octanol–water partition coefficient (Wildman–Crippen LogP) is 3.98. The lowest BCUT2D eigenvalue weighted by Crippen LogP contribution is -2.47. The number of anilines is 2. The number of hydrogen-bond donors (Lipinski definition) is 0. The Bertz CT molecular complexity index is 1730. The van der Waals surface area contributed by atoms with Gasteiger partial charge in [0, 0.05) is 38.1 Å². The zero-order valence-corrected chi connectivity index (χ0v) is 22.0. The lowest BCUT2D eigenvalue weighted by Gasteiger charge is -2.37. The SMILES string of the molecule is Cc1ccc(S(=O)(=O)/C(C#N)=C/c2c(N3CCN(c4ccccc4)CC3)nc3c(C)cccn3c2=O)cc1. The number of rotatable bonds is 5.